The lowest BCUT2D eigenvalue weighted by atomic mass is 10.1. The van der Waals surface area contributed by atoms with E-state index in [0.29, 0.717) is 5.75 Å². The molecule has 0 amide bonds. The Kier molecular flexibility index (Phi) is 4.30. The highest BCUT2D eigenvalue weighted by molar-refractivity contribution is 9.10. The van der Waals surface area contributed by atoms with Gasteiger partial charge in [-0.05, 0) is 38.5 Å². The summed E-state index contributed by atoms with van der Waals surface area (Å²) in [7, 11) is 0. The molecule has 0 aliphatic carbocycles. The molecule has 1 N–H and O–H groups in total. The van der Waals surface area contributed by atoms with Crippen LogP contribution in [0.25, 0.3) is 0 Å². The molecule has 0 saturated carbocycles. The van der Waals surface area contributed by atoms with Gasteiger partial charge in [-0.2, -0.15) is 0 Å². The van der Waals surface area contributed by atoms with E-state index < -0.39 is 0 Å². The van der Waals surface area contributed by atoms with Crippen LogP contribution < -0.4 is 0 Å². The molecule has 1 aliphatic heterocycles. The summed E-state index contributed by atoms with van der Waals surface area (Å²) in [4.78, 5) is 2.33. The summed E-state index contributed by atoms with van der Waals surface area (Å²) in [6.07, 6.45) is 0.508. The first kappa shape index (κ1) is 13.8. The van der Waals surface area contributed by atoms with Crippen molar-refractivity contribution in [2.75, 3.05) is 13.1 Å². The van der Waals surface area contributed by atoms with Crippen LogP contribution in [0.4, 0.5) is 0 Å². The fraction of sp³-hybridized carbons (Fsp3) is 0.571. The largest absolute Gasteiger partial charge is 0.507 e. The van der Waals surface area contributed by atoms with E-state index in [0.717, 1.165) is 35.2 Å². The van der Waals surface area contributed by atoms with Crippen molar-refractivity contribution in [2.45, 2.75) is 39.5 Å². The van der Waals surface area contributed by atoms with Crippen LogP contribution in [0.15, 0.2) is 16.6 Å². The fourth-order valence-electron chi connectivity index (χ4n) is 2.58. The van der Waals surface area contributed by atoms with E-state index >= 15 is 0 Å². The Labute approximate surface area is 117 Å². The minimum atomic E-state index is 0.254. The van der Waals surface area contributed by atoms with Crippen molar-refractivity contribution in [3.05, 3.63) is 27.7 Å². The highest BCUT2D eigenvalue weighted by Crippen LogP contribution is 2.28. The summed E-state index contributed by atoms with van der Waals surface area (Å²) in [5, 5.41) is 10.1. The van der Waals surface area contributed by atoms with Crippen molar-refractivity contribution in [3.8, 4) is 5.75 Å². The molecular weight excluding hydrogens is 294 g/mol. The summed E-state index contributed by atoms with van der Waals surface area (Å²) in [5.41, 5.74) is 1.89. The third-order valence-corrected chi connectivity index (χ3v) is 3.69. The van der Waals surface area contributed by atoms with Gasteiger partial charge < -0.3 is 9.84 Å². The van der Waals surface area contributed by atoms with Gasteiger partial charge in [0.1, 0.15) is 5.75 Å². The number of morpholine rings is 1. The van der Waals surface area contributed by atoms with Gasteiger partial charge in [0, 0.05) is 29.7 Å². The Morgan fingerprint density at radius 2 is 1.94 bits per heavy atom. The van der Waals surface area contributed by atoms with Crippen molar-refractivity contribution >= 4 is 15.9 Å². The number of aromatic hydroxyl groups is 1. The Bertz CT molecular complexity index is 426. The summed E-state index contributed by atoms with van der Waals surface area (Å²) in [5.74, 6) is 0.407. The molecule has 1 heterocycles. The lowest BCUT2D eigenvalue weighted by Gasteiger charge is -2.35. The Balaban J connectivity index is 2.14. The van der Waals surface area contributed by atoms with E-state index in [2.05, 4.69) is 34.7 Å². The SMILES string of the molecule is Cc1cc(Br)cc(CN2C[C@@H](C)O[C@@H](C)C2)c1O. The normalized spacial score (nSPS) is 25.3. The number of nitrogens with zero attached hydrogens (tertiary/aromatic N) is 1. The first-order valence-corrected chi connectivity index (χ1v) is 7.11. The van der Waals surface area contributed by atoms with Gasteiger partial charge in [-0.3, -0.25) is 4.90 Å². The Morgan fingerprint density at radius 1 is 1.33 bits per heavy atom. The van der Waals surface area contributed by atoms with Gasteiger partial charge in [0.15, 0.2) is 0 Å². The first-order chi connectivity index (χ1) is 8.45. The van der Waals surface area contributed by atoms with Gasteiger partial charge in [0.2, 0.25) is 0 Å². The molecule has 0 aromatic heterocycles. The van der Waals surface area contributed by atoms with Crippen LogP contribution in [-0.4, -0.2) is 35.3 Å². The van der Waals surface area contributed by atoms with Crippen LogP contribution in [0.5, 0.6) is 5.75 Å². The maximum atomic E-state index is 10.1. The monoisotopic (exact) mass is 313 g/mol. The summed E-state index contributed by atoms with van der Waals surface area (Å²) in [6.45, 7) is 8.70. The maximum absolute atomic E-state index is 10.1. The summed E-state index contributed by atoms with van der Waals surface area (Å²) < 4.78 is 6.73. The molecule has 4 heteroatoms. The summed E-state index contributed by atoms with van der Waals surface area (Å²) >= 11 is 3.48. The van der Waals surface area contributed by atoms with Gasteiger partial charge in [-0.1, -0.05) is 15.9 Å². The van der Waals surface area contributed by atoms with Crippen molar-refractivity contribution in [3.63, 3.8) is 0 Å². The van der Waals surface area contributed by atoms with Crippen molar-refractivity contribution in [1.82, 2.24) is 4.90 Å². The van der Waals surface area contributed by atoms with E-state index in [-0.39, 0.29) is 12.2 Å². The molecule has 2 rings (SSSR count). The Hall–Kier alpha value is -0.580. The average molecular weight is 314 g/mol. The van der Waals surface area contributed by atoms with Gasteiger partial charge in [0.25, 0.3) is 0 Å². The van der Waals surface area contributed by atoms with Gasteiger partial charge in [-0.15, -0.1) is 0 Å². The molecule has 1 fully saturated rings. The molecule has 2 atom stereocenters. The van der Waals surface area contributed by atoms with Crippen molar-refractivity contribution in [2.24, 2.45) is 0 Å². The molecule has 0 spiro atoms. The number of hydrogen-bond acceptors (Lipinski definition) is 3. The predicted molar refractivity (Wildman–Crippen MR) is 75.8 cm³/mol. The standard InChI is InChI=1S/C14H20BrNO2/c1-9-4-13(15)5-12(14(9)17)8-16-6-10(2)18-11(3)7-16/h4-5,10-11,17H,6-8H2,1-3H3/t10-,11+. The molecular formula is C14H20BrNO2. The average Bonchev–Trinajstić information content (AvgIpc) is 2.23. The van der Waals surface area contributed by atoms with Crippen LogP contribution in [0.1, 0.15) is 25.0 Å². The zero-order chi connectivity index (χ0) is 13.3. The van der Waals surface area contributed by atoms with E-state index in [1.165, 1.54) is 0 Å². The number of phenolic OH excluding ortho intramolecular Hbond substituents is 1. The number of benzene rings is 1. The van der Waals surface area contributed by atoms with Crippen molar-refractivity contribution < 1.29 is 9.84 Å². The van der Waals surface area contributed by atoms with Crippen LogP contribution in [0.2, 0.25) is 0 Å². The second-order valence-electron chi connectivity index (χ2n) is 5.18. The molecule has 1 aromatic rings. The zero-order valence-corrected chi connectivity index (χ0v) is 12.7. The second kappa shape index (κ2) is 5.59. The van der Waals surface area contributed by atoms with Crippen LogP contribution in [-0.2, 0) is 11.3 Å². The molecule has 1 saturated heterocycles. The summed E-state index contributed by atoms with van der Waals surface area (Å²) in [6, 6.07) is 3.93. The number of halogens is 1. The number of hydrogen-bond donors (Lipinski definition) is 1. The number of ether oxygens (including phenoxy) is 1. The predicted octanol–water partition coefficient (Wildman–Crippen LogP) is 3.07. The van der Waals surface area contributed by atoms with E-state index in [9.17, 15) is 5.11 Å². The number of aryl methyl sites for hydroxylation is 1. The molecule has 0 unspecified atom stereocenters. The van der Waals surface area contributed by atoms with Crippen LogP contribution >= 0.6 is 15.9 Å². The van der Waals surface area contributed by atoms with E-state index in [1.807, 2.05) is 19.1 Å². The molecule has 100 valence electrons. The highest BCUT2D eigenvalue weighted by Gasteiger charge is 2.23. The zero-order valence-electron chi connectivity index (χ0n) is 11.1. The minimum Gasteiger partial charge on any atom is -0.507 e. The van der Waals surface area contributed by atoms with Crippen LogP contribution in [0.3, 0.4) is 0 Å². The molecule has 1 aliphatic rings. The maximum Gasteiger partial charge on any atom is 0.123 e. The third kappa shape index (κ3) is 3.25. The molecule has 0 bridgehead atoms. The highest BCUT2D eigenvalue weighted by atomic mass is 79.9. The first-order valence-electron chi connectivity index (χ1n) is 6.31. The molecule has 0 radical (unpaired) electrons. The minimum absolute atomic E-state index is 0.254. The quantitative estimate of drug-likeness (QED) is 0.910. The van der Waals surface area contributed by atoms with Gasteiger partial charge >= 0.3 is 0 Å². The third-order valence-electron chi connectivity index (χ3n) is 3.23. The number of phenols is 1. The smallest absolute Gasteiger partial charge is 0.123 e. The van der Waals surface area contributed by atoms with Gasteiger partial charge in [0.05, 0.1) is 12.2 Å². The lowest BCUT2D eigenvalue weighted by Crippen LogP contribution is -2.44. The second-order valence-corrected chi connectivity index (χ2v) is 6.10. The van der Waals surface area contributed by atoms with E-state index in [1.54, 1.807) is 0 Å². The lowest BCUT2D eigenvalue weighted by molar-refractivity contribution is -0.0706. The van der Waals surface area contributed by atoms with Crippen LogP contribution in [0, 0.1) is 6.92 Å². The fourth-order valence-corrected chi connectivity index (χ4v) is 3.20. The Morgan fingerprint density at radius 3 is 2.56 bits per heavy atom. The topological polar surface area (TPSA) is 32.7 Å². The molecule has 18 heavy (non-hydrogen) atoms. The van der Waals surface area contributed by atoms with E-state index in [4.69, 9.17) is 4.74 Å². The molecule has 3 nitrogen and oxygen atoms in total. The molecule has 1 aromatic carbocycles. The van der Waals surface area contributed by atoms with Crippen molar-refractivity contribution in [1.29, 1.82) is 0 Å². The van der Waals surface area contributed by atoms with Gasteiger partial charge in [-0.25, -0.2) is 0 Å². The number of rotatable bonds is 2.